The summed E-state index contributed by atoms with van der Waals surface area (Å²) in [6.07, 6.45) is 1.94. The first-order chi connectivity index (χ1) is 9.08. The highest BCUT2D eigenvalue weighted by Gasteiger charge is 2.34. The average molecular weight is 292 g/mol. The molecule has 2 rings (SSSR count). The minimum atomic E-state index is -0.835. The number of carboxylic acids is 1. The molecule has 0 amide bonds. The maximum atomic E-state index is 11.5. The second kappa shape index (κ2) is 5.72. The highest BCUT2D eigenvalue weighted by atomic mass is 28.2. The molecule has 19 heavy (non-hydrogen) atoms. The van der Waals surface area contributed by atoms with Crippen LogP contribution in [0.15, 0.2) is 36.0 Å². The van der Waals surface area contributed by atoms with Gasteiger partial charge in [0, 0.05) is 15.2 Å². The van der Waals surface area contributed by atoms with E-state index in [1.54, 1.807) is 0 Å². The molecule has 1 N–H and O–H groups in total. The van der Waals surface area contributed by atoms with Crippen LogP contribution in [0.1, 0.15) is 5.56 Å². The third-order valence-electron chi connectivity index (χ3n) is 3.46. The summed E-state index contributed by atoms with van der Waals surface area (Å²) in [7, 11) is -0.751. The van der Waals surface area contributed by atoms with Crippen molar-refractivity contribution in [3.05, 3.63) is 41.6 Å². The molecule has 0 aromatic heterocycles. The van der Waals surface area contributed by atoms with Gasteiger partial charge < -0.3 is 5.11 Å². The van der Waals surface area contributed by atoms with Crippen LogP contribution in [0.25, 0.3) is 0 Å². The van der Waals surface area contributed by atoms with Crippen molar-refractivity contribution in [1.29, 1.82) is 0 Å². The summed E-state index contributed by atoms with van der Waals surface area (Å²) in [6.45, 7) is 6.48. The molecule has 1 aliphatic rings. The first kappa shape index (κ1) is 14.0. The number of hydrogen-bond donors (Lipinski definition) is 1. The first-order valence-corrected chi connectivity index (χ1v) is 10.9. The number of benzene rings is 1. The van der Waals surface area contributed by atoms with Gasteiger partial charge in [-0.1, -0.05) is 30.8 Å². The van der Waals surface area contributed by atoms with Crippen molar-refractivity contribution >= 4 is 30.9 Å². The predicted molar refractivity (Wildman–Crippen MR) is 83.8 cm³/mol. The maximum Gasteiger partial charge on any atom is 0.353 e. The monoisotopic (exact) mass is 292 g/mol. The Kier molecular flexibility index (Phi) is 4.23. The van der Waals surface area contributed by atoms with Crippen LogP contribution in [0.3, 0.4) is 0 Å². The Labute approximate surface area is 118 Å². The van der Waals surface area contributed by atoms with Gasteiger partial charge in [-0.15, -0.1) is 0 Å². The first-order valence-electron chi connectivity index (χ1n) is 6.67. The Morgan fingerprint density at radius 1 is 1.26 bits per heavy atom. The summed E-state index contributed by atoms with van der Waals surface area (Å²) >= 11 is 0. The molecule has 1 aromatic rings. The van der Waals surface area contributed by atoms with Crippen molar-refractivity contribution in [2.24, 2.45) is 0 Å². The summed E-state index contributed by atoms with van der Waals surface area (Å²) in [5, 5.41) is 11.3. The van der Waals surface area contributed by atoms with Gasteiger partial charge in [0.25, 0.3) is 0 Å². The zero-order chi connectivity index (χ0) is 14.0. The van der Waals surface area contributed by atoms with Gasteiger partial charge in [-0.3, -0.25) is 5.01 Å². The van der Waals surface area contributed by atoms with Crippen molar-refractivity contribution in [1.82, 2.24) is 4.67 Å². The molecule has 1 atom stereocenters. The largest absolute Gasteiger partial charge is 0.477 e. The lowest BCUT2D eigenvalue weighted by molar-refractivity contribution is -0.132. The fraction of sp³-hybridized carbons (Fsp3) is 0.308. The van der Waals surface area contributed by atoms with E-state index in [0.717, 1.165) is 5.69 Å². The maximum absolute atomic E-state index is 11.5. The molecule has 1 unspecified atom stereocenters. The van der Waals surface area contributed by atoms with Gasteiger partial charge in [-0.05, 0) is 25.1 Å². The lowest BCUT2D eigenvalue weighted by Gasteiger charge is -2.34. The normalized spacial score (nSPS) is 20.9. The van der Waals surface area contributed by atoms with E-state index in [9.17, 15) is 9.90 Å². The van der Waals surface area contributed by atoms with Crippen LogP contribution < -0.4 is 5.01 Å². The zero-order valence-corrected chi connectivity index (χ0v) is 14.5. The Bertz CT molecular complexity index is 502. The Morgan fingerprint density at radius 3 is 2.37 bits per heavy atom. The molecule has 1 aliphatic heterocycles. The SMILES string of the molecule is C[SiH2]C1C=C(C(=O)O)N(c2ccc(C)cc2)N1[SiH2]C. The molecule has 0 aliphatic carbocycles. The second-order valence-electron chi connectivity index (χ2n) is 4.74. The third kappa shape index (κ3) is 2.65. The van der Waals surface area contributed by atoms with Crippen LogP contribution >= 0.6 is 0 Å². The fourth-order valence-corrected chi connectivity index (χ4v) is 6.23. The second-order valence-corrected chi connectivity index (χ2v) is 7.67. The van der Waals surface area contributed by atoms with Crippen molar-refractivity contribution in [3.8, 4) is 0 Å². The van der Waals surface area contributed by atoms with Crippen molar-refractivity contribution in [2.75, 3.05) is 5.01 Å². The topological polar surface area (TPSA) is 43.8 Å². The molecule has 0 bridgehead atoms. The quantitative estimate of drug-likeness (QED) is 0.829. The zero-order valence-electron chi connectivity index (χ0n) is 11.6. The summed E-state index contributed by atoms with van der Waals surface area (Å²) in [6, 6.07) is 8.06. The number of hydrazine groups is 1. The van der Waals surface area contributed by atoms with Crippen molar-refractivity contribution < 1.29 is 9.90 Å². The lowest BCUT2D eigenvalue weighted by Crippen LogP contribution is -2.46. The summed E-state index contributed by atoms with van der Waals surface area (Å²) < 4.78 is 2.29. The van der Waals surface area contributed by atoms with Crippen LogP contribution in [0.5, 0.6) is 0 Å². The van der Waals surface area contributed by atoms with Gasteiger partial charge in [-0.25, -0.2) is 9.47 Å². The molecule has 1 heterocycles. The van der Waals surface area contributed by atoms with Gasteiger partial charge in [0.2, 0.25) is 0 Å². The highest BCUT2D eigenvalue weighted by molar-refractivity contribution is 6.41. The van der Waals surface area contributed by atoms with E-state index in [1.165, 1.54) is 5.56 Å². The molecule has 0 saturated heterocycles. The predicted octanol–water partition coefficient (Wildman–Crippen LogP) is 0.675. The number of hydrogen-bond acceptors (Lipinski definition) is 3. The fourth-order valence-electron chi connectivity index (χ4n) is 2.47. The van der Waals surface area contributed by atoms with Gasteiger partial charge in [0.15, 0.2) is 0 Å². The number of anilines is 1. The molecule has 0 radical (unpaired) electrons. The minimum absolute atomic E-state index is 0.297. The molecule has 0 fully saturated rings. The minimum Gasteiger partial charge on any atom is -0.477 e. The molecule has 0 saturated carbocycles. The number of carbonyl (C=O) groups is 1. The van der Waals surface area contributed by atoms with Crippen molar-refractivity contribution in [2.45, 2.75) is 25.7 Å². The molecule has 0 spiro atoms. The number of carboxylic acid groups (broad SMARTS) is 1. The van der Waals surface area contributed by atoms with E-state index >= 15 is 0 Å². The van der Waals surface area contributed by atoms with Crippen LogP contribution in [-0.2, 0) is 4.79 Å². The Morgan fingerprint density at radius 2 is 1.89 bits per heavy atom. The van der Waals surface area contributed by atoms with E-state index in [0.29, 0.717) is 11.4 Å². The molecular formula is C13H20N2O2Si2. The number of nitrogens with zero attached hydrogens (tertiary/aromatic N) is 2. The average Bonchev–Trinajstić information content (AvgIpc) is 2.78. The highest BCUT2D eigenvalue weighted by Crippen LogP contribution is 2.29. The molecular weight excluding hydrogens is 272 g/mol. The van der Waals surface area contributed by atoms with Crippen LogP contribution in [-0.4, -0.2) is 40.6 Å². The number of aryl methyl sites for hydroxylation is 1. The Balaban J connectivity index is 2.42. The summed E-state index contributed by atoms with van der Waals surface area (Å²) in [4.78, 5) is 11.5. The van der Waals surface area contributed by atoms with Gasteiger partial charge in [0.1, 0.15) is 15.4 Å². The third-order valence-corrected chi connectivity index (χ3v) is 6.87. The Hall–Kier alpha value is -1.38. The molecule has 1 aromatic carbocycles. The van der Waals surface area contributed by atoms with Gasteiger partial charge in [0.05, 0.1) is 5.69 Å². The van der Waals surface area contributed by atoms with E-state index in [2.05, 4.69) is 17.8 Å². The lowest BCUT2D eigenvalue weighted by atomic mass is 10.2. The van der Waals surface area contributed by atoms with Crippen LogP contribution in [0, 0.1) is 6.92 Å². The summed E-state index contributed by atoms with van der Waals surface area (Å²) in [5.41, 5.74) is 2.91. The number of rotatable bonds is 4. The molecule has 102 valence electrons. The van der Waals surface area contributed by atoms with E-state index < -0.39 is 15.7 Å². The van der Waals surface area contributed by atoms with Gasteiger partial charge >= 0.3 is 5.97 Å². The van der Waals surface area contributed by atoms with Crippen LogP contribution in [0.4, 0.5) is 5.69 Å². The van der Waals surface area contributed by atoms with E-state index in [1.807, 2.05) is 42.3 Å². The van der Waals surface area contributed by atoms with E-state index in [4.69, 9.17) is 0 Å². The smallest absolute Gasteiger partial charge is 0.353 e. The molecule has 4 nitrogen and oxygen atoms in total. The van der Waals surface area contributed by atoms with Crippen molar-refractivity contribution in [3.63, 3.8) is 0 Å². The summed E-state index contributed by atoms with van der Waals surface area (Å²) in [5.74, 6) is -0.835. The number of aliphatic carboxylic acids is 1. The van der Waals surface area contributed by atoms with Gasteiger partial charge in [-0.2, -0.15) is 0 Å². The van der Waals surface area contributed by atoms with Crippen LogP contribution in [0.2, 0.25) is 13.1 Å². The molecule has 6 heteroatoms. The van der Waals surface area contributed by atoms with E-state index in [-0.39, 0.29) is 9.52 Å². The standard InChI is InChI=1S/C13H20N2O2Si2/c1-9-4-6-10(7-5-9)14-11(13(16)17)8-12(18-2)15(14)19-3/h4-8,12H,18-19H2,1-3H3,(H,16,17).